The summed E-state index contributed by atoms with van der Waals surface area (Å²) >= 11 is 0. The fraction of sp³-hybridized carbons (Fsp3) is 1.00. The van der Waals surface area contributed by atoms with Crippen molar-refractivity contribution < 1.29 is 107 Å². The van der Waals surface area contributed by atoms with Gasteiger partial charge >= 0.3 is 88.7 Å². The molecule has 0 bridgehead atoms. The van der Waals surface area contributed by atoms with Crippen LogP contribution in [0.5, 0.6) is 0 Å². The molecule has 13 heavy (non-hydrogen) atoms. The van der Waals surface area contributed by atoms with Gasteiger partial charge in [0, 0.05) is 6.61 Å². The molecule has 0 saturated heterocycles. The summed E-state index contributed by atoms with van der Waals surface area (Å²) in [6, 6.07) is 0. The maximum atomic E-state index is 9.89. The molecule has 0 saturated carbocycles. The summed E-state index contributed by atoms with van der Waals surface area (Å²) in [4.78, 5) is 29.7. The van der Waals surface area contributed by atoms with E-state index in [1.54, 1.807) is 0 Å². The van der Waals surface area contributed by atoms with E-state index in [2.05, 4.69) is 4.43 Å². The second-order valence-electron chi connectivity index (χ2n) is 2.53. The summed E-state index contributed by atoms with van der Waals surface area (Å²) in [5, 5.41) is 0. The summed E-state index contributed by atoms with van der Waals surface area (Å²) in [5.74, 6) is 0.358. The normalized spacial score (nSPS) is 9.69. The van der Waals surface area contributed by atoms with E-state index < -0.39 is 9.05 Å². The fourth-order valence-corrected chi connectivity index (χ4v) is 0.787. The molecule has 0 aromatic rings. The van der Waals surface area contributed by atoms with E-state index in [9.17, 15) is 14.4 Å². The molecular weight excluding hydrogens is 221 g/mol. The Labute approximate surface area is 147 Å². The molecule has 0 spiro atoms. The molecule has 0 amide bonds. The molecule has 62 valence electrons. The van der Waals surface area contributed by atoms with E-state index in [0.717, 1.165) is 0 Å². The SMILES string of the molecule is CC(C)CCO[Si]([O-])([O-])[O-].[Na+].[Na+].[Na+]. The van der Waals surface area contributed by atoms with Gasteiger partial charge in [0.25, 0.3) is 0 Å². The van der Waals surface area contributed by atoms with Gasteiger partial charge < -0.3 is 18.8 Å². The van der Waals surface area contributed by atoms with E-state index in [4.69, 9.17) is 0 Å². The minimum Gasteiger partial charge on any atom is -0.861 e. The minimum atomic E-state index is -4.97. The first-order valence-electron chi connectivity index (χ1n) is 3.17. The zero-order valence-corrected chi connectivity index (χ0v) is 16.1. The largest absolute Gasteiger partial charge is 1.00 e. The molecule has 0 aromatic carbocycles. The quantitative estimate of drug-likeness (QED) is 0.451. The van der Waals surface area contributed by atoms with E-state index >= 15 is 0 Å². The molecule has 0 heterocycles. The molecule has 0 unspecified atom stereocenters. The van der Waals surface area contributed by atoms with Crippen molar-refractivity contribution in [2.45, 2.75) is 20.3 Å². The Hall–Kier alpha value is 3.06. The molecule has 0 aliphatic carbocycles. The van der Waals surface area contributed by atoms with Crippen molar-refractivity contribution in [3.05, 3.63) is 0 Å². The summed E-state index contributed by atoms with van der Waals surface area (Å²) in [7, 11) is -4.97. The monoisotopic (exact) mass is 232 g/mol. The van der Waals surface area contributed by atoms with Crippen molar-refractivity contribution in [1.29, 1.82) is 0 Å². The van der Waals surface area contributed by atoms with E-state index in [-0.39, 0.29) is 95.3 Å². The van der Waals surface area contributed by atoms with Gasteiger partial charge in [-0.1, -0.05) is 13.8 Å². The van der Waals surface area contributed by atoms with E-state index in [1.165, 1.54) is 0 Å². The van der Waals surface area contributed by atoms with Crippen LogP contribution in [0.2, 0.25) is 0 Å². The summed E-state index contributed by atoms with van der Waals surface area (Å²) in [6.07, 6.45) is 0.599. The number of rotatable bonds is 4. The third-order valence-electron chi connectivity index (χ3n) is 0.974. The van der Waals surface area contributed by atoms with Crippen LogP contribution in [0.25, 0.3) is 0 Å². The average molecular weight is 232 g/mol. The van der Waals surface area contributed by atoms with Crippen molar-refractivity contribution in [3.63, 3.8) is 0 Å². The number of hydrogen-bond donors (Lipinski definition) is 0. The molecule has 0 aliphatic rings. The molecule has 8 heteroatoms. The van der Waals surface area contributed by atoms with Crippen LogP contribution in [0.15, 0.2) is 0 Å². The molecule has 0 rings (SSSR count). The van der Waals surface area contributed by atoms with Gasteiger partial charge in [-0.25, -0.2) is 0 Å². The molecule has 0 atom stereocenters. The van der Waals surface area contributed by atoms with Crippen molar-refractivity contribution in [2.24, 2.45) is 5.92 Å². The first-order chi connectivity index (χ1) is 4.42. The molecule has 0 aromatic heterocycles. The Kier molecular flexibility index (Phi) is 25.3. The van der Waals surface area contributed by atoms with Gasteiger partial charge in [-0.3, -0.25) is 0 Å². The zero-order chi connectivity index (χ0) is 8.20. The van der Waals surface area contributed by atoms with E-state index in [1.807, 2.05) is 13.8 Å². The van der Waals surface area contributed by atoms with Gasteiger partial charge in [-0.2, -0.15) is 0 Å². The Bertz CT molecular complexity index is 98.3. The van der Waals surface area contributed by atoms with Crippen molar-refractivity contribution in [3.8, 4) is 0 Å². The Morgan fingerprint density at radius 1 is 1.08 bits per heavy atom. The molecule has 0 N–H and O–H groups in total. The fourth-order valence-electron chi connectivity index (χ4n) is 0.420. The van der Waals surface area contributed by atoms with E-state index in [0.29, 0.717) is 12.3 Å². The minimum absolute atomic E-state index is 0. The topological polar surface area (TPSA) is 78.4 Å². The third kappa shape index (κ3) is 25.4. The Morgan fingerprint density at radius 2 is 1.46 bits per heavy atom. The van der Waals surface area contributed by atoms with Crippen LogP contribution in [-0.2, 0) is 4.43 Å². The summed E-state index contributed by atoms with van der Waals surface area (Å²) in [6.45, 7) is 3.86. The zero-order valence-electron chi connectivity index (χ0n) is 9.12. The molecule has 4 nitrogen and oxygen atoms in total. The van der Waals surface area contributed by atoms with Crippen LogP contribution < -0.4 is 103 Å². The van der Waals surface area contributed by atoms with Crippen LogP contribution in [0.3, 0.4) is 0 Å². The molecular formula is C5H11Na3O4Si. The van der Waals surface area contributed by atoms with Gasteiger partial charge in [0.05, 0.1) is 0 Å². The predicted molar refractivity (Wildman–Crippen MR) is 31.2 cm³/mol. The van der Waals surface area contributed by atoms with Crippen LogP contribution in [0.4, 0.5) is 0 Å². The van der Waals surface area contributed by atoms with Crippen molar-refractivity contribution in [1.82, 2.24) is 0 Å². The van der Waals surface area contributed by atoms with Gasteiger partial charge in [-0.15, -0.1) is 9.05 Å². The average Bonchev–Trinajstić information content (AvgIpc) is 1.59. The van der Waals surface area contributed by atoms with Gasteiger partial charge in [0.2, 0.25) is 0 Å². The first kappa shape index (κ1) is 25.0. The van der Waals surface area contributed by atoms with Gasteiger partial charge in [0.1, 0.15) is 0 Å². The smallest absolute Gasteiger partial charge is 0.861 e. The van der Waals surface area contributed by atoms with Crippen LogP contribution in [0.1, 0.15) is 20.3 Å². The maximum Gasteiger partial charge on any atom is 1.00 e. The standard InChI is InChI=1S/C5H11O4Si.3Na/c1-5(2)3-4-9-10(6,7)8;;;/h5H,3-4H2,1-2H3;;;/q-3;3*+1. The molecule has 0 radical (unpaired) electrons. The molecule has 0 aliphatic heterocycles. The van der Waals surface area contributed by atoms with Crippen LogP contribution in [-0.4, -0.2) is 15.7 Å². The number of hydrogen-bond acceptors (Lipinski definition) is 4. The maximum absolute atomic E-state index is 9.89. The van der Waals surface area contributed by atoms with Gasteiger partial charge in [0.15, 0.2) is 0 Å². The first-order valence-corrected chi connectivity index (χ1v) is 4.80. The Morgan fingerprint density at radius 3 is 1.69 bits per heavy atom. The van der Waals surface area contributed by atoms with Crippen molar-refractivity contribution >= 4 is 9.05 Å². The molecule has 0 fully saturated rings. The Balaban J connectivity index is -0.000000135. The summed E-state index contributed by atoms with van der Waals surface area (Å²) in [5.41, 5.74) is 0. The predicted octanol–water partition coefficient (Wildman–Crippen LogP) is -11.4. The third-order valence-corrected chi connectivity index (χ3v) is 1.53. The summed E-state index contributed by atoms with van der Waals surface area (Å²) < 4.78 is 4.01. The second kappa shape index (κ2) is 13.1. The van der Waals surface area contributed by atoms with Crippen LogP contribution in [0, 0.1) is 5.92 Å². The second-order valence-corrected chi connectivity index (χ2v) is 3.82. The van der Waals surface area contributed by atoms with Crippen molar-refractivity contribution in [2.75, 3.05) is 6.61 Å². The van der Waals surface area contributed by atoms with Gasteiger partial charge in [-0.05, 0) is 12.3 Å². The van der Waals surface area contributed by atoms with Crippen LogP contribution >= 0.6 is 0 Å².